The van der Waals surface area contributed by atoms with Crippen LogP contribution in [0.3, 0.4) is 0 Å². The fourth-order valence-corrected chi connectivity index (χ4v) is 3.05. The number of aliphatic carboxylic acids is 1. The van der Waals surface area contributed by atoms with Crippen LogP contribution in [0.25, 0.3) is 10.6 Å². The average Bonchev–Trinajstić information content (AvgIpc) is 2.92. The molecule has 7 heteroatoms. The summed E-state index contributed by atoms with van der Waals surface area (Å²) in [5.41, 5.74) is 1.50. The third kappa shape index (κ3) is 4.77. The van der Waals surface area contributed by atoms with E-state index in [0.717, 1.165) is 10.6 Å². The minimum atomic E-state index is -1.04. The lowest BCUT2D eigenvalue weighted by molar-refractivity contribution is -0.143. The highest BCUT2D eigenvalue weighted by Crippen LogP contribution is 2.26. The molecule has 0 bridgehead atoms. The van der Waals surface area contributed by atoms with Gasteiger partial charge in [-0.3, -0.25) is 4.79 Å². The molecule has 2 N–H and O–H groups in total. The lowest BCUT2D eigenvalue weighted by atomic mass is 10.0. The van der Waals surface area contributed by atoms with E-state index >= 15 is 0 Å². The van der Waals surface area contributed by atoms with Gasteiger partial charge in [0.05, 0.1) is 12.1 Å². The standard InChI is InChI=1S/C16H17ClN2O3S/c1-9(2)14(16(21)22)19-13(20)7-12-8-23-15(18-12)10-4-3-5-11(17)6-10/h3-6,8-9,14H,7H2,1-2H3,(H,19,20)(H,21,22)/t14-/m0/s1. The van der Waals surface area contributed by atoms with Crippen molar-refractivity contribution in [3.63, 3.8) is 0 Å². The maximum atomic E-state index is 12.0. The predicted octanol–water partition coefficient (Wildman–Crippen LogP) is 3.23. The van der Waals surface area contributed by atoms with Crippen molar-refractivity contribution in [2.24, 2.45) is 5.92 Å². The number of nitrogens with zero attached hydrogens (tertiary/aromatic N) is 1. The number of hydrogen-bond donors (Lipinski definition) is 2. The van der Waals surface area contributed by atoms with Gasteiger partial charge in [0.25, 0.3) is 0 Å². The van der Waals surface area contributed by atoms with Crippen molar-refractivity contribution in [2.75, 3.05) is 0 Å². The minimum absolute atomic E-state index is 0.0492. The predicted molar refractivity (Wildman–Crippen MR) is 90.7 cm³/mol. The Morgan fingerprint density at radius 2 is 2.13 bits per heavy atom. The molecule has 0 saturated carbocycles. The molecule has 1 amide bonds. The number of carboxylic acids is 1. The molecule has 0 aliphatic carbocycles. The average molecular weight is 353 g/mol. The molecule has 2 rings (SSSR count). The van der Waals surface area contributed by atoms with Crippen molar-refractivity contribution in [1.29, 1.82) is 0 Å². The molecule has 0 unspecified atom stereocenters. The number of hydrogen-bond acceptors (Lipinski definition) is 4. The van der Waals surface area contributed by atoms with Gasteiger partial charge in [0.1, 0.15) is 11.0 Å². The summed E-state index contributed by atoms with van der Waals surface area (Å²) in [5, 5.41) is 14.8. The number of aromatic nitrogens is 1. The lowest BCUT2D eigenvalue weighted by Gasteiger charge is -2.17. The van der Waals surface area contributed by atoms with E-state index in [0.29, 0.717) is 10.7 Å². The molecular formula is C16H17ClN2O3S. The molecule has 1 aromatic heterocycles. The summed E-state index contributed by atoms with van der Waals surface area (Å²) in [4.78, 5) is 27.5. The molecule has 122 valence electrons. The zero-order chi connectivity index (χ0) is 17.0. The largest absolute Gasteiger partial charge is 0.480 e. The molecule has 1 aromatic carbocycles. The first kappa shape index (κ1) is 17.4. The number of rotatable bonds is 6. The zero-order valence-corrected chi connectivity index (χ0v) is 14.3. The van der Waals surface area contributed by atoms with Gasteiger partial charge >= 0.3 is 5.97 Å². The number of nitrogens with one attached hydrogen (secondary N) is 1. The molecule has 1 heterocycles. The SMILES string of the molecule is CC(C)[C@H](NC(=O)Cc1csc(-c2cccc(Cl)c2)n1)C(=O)O. The molecule has 0 radical (unpaired) electrons. The summed E-state index contributed by atoms with van der Waals surface area (Å²) < 4.78 is 0. The minimum Gasteiger partial charge on any atom is -0.480 e. The number of carbonyl (C=O) groups is 2. The van der Waals surface area contributed by atoms with Crippen LogP contribution < -0.4 is 5.32 Å². The molecule has 0 spiro atoms. The van der Waals surface area contributed by atoms with E-state index in [1.807, 2.05) is 18.2 Å². The molecule has 0 aliphatic heterocycles. The highest BCUT2D eigenvalue weighted by Gasteiger charge is 2.23. The quantitative estimate of drug-likeness (QED) is 0.836. The van der Waals surface area contributed by atoms with Gasteiger partial charge in [-0.2, -0.15) is 0 Å². The lowest BCUT2D eigenvalue weighted by Crippen LogP contribution is -2.44. The van der Waals surface area contributed by atoms with Crippen LogP contribution in [0.4, 0.5) is 0 Å². The molecule has 0 saturated heterocycles. The molecule has 5 nitrogen and oxygen atoms in total. The zero-order valence-electron chi connectivity index (χ0n) is 12.7. The monoisotopic (exact) mass is 352 g/mol. The van der Waals surface area contributed by atoms with Crippen LogP contribution in [0, 0.1) is 5.92 Å². The summed E-state index contributed by atoms with van der Waals surface area (Å²) in [7, 11) is 0. The van der Waals surface area contributed by atoms with Crippen LogP contribution in [0.1, 0.15) is 19.5 Å². The molecule has 1 atom stereocenters. The van der Waals surface area contributed by atoms with Crippen LogP contribution in [-0.4, -0.2) is 28.0 Å². The van der Waals surface area contributed by atoms with Crippen LogP contribution in [0.15, 0.2) is 29.6 Å². The second-order valence-electron chi connectivity index (χ2n) is 5.46. The fourth-order valence-electron chi connectivity index (χ4n) is 2.04. The number of amides is 1. The Morgan fingerprint density at radius 3 is 2.74 bits per heavy atom. The first-order valence-electron chi connectivity index (χ1n) is 7.09. The number of carbonyl (C=O) groups excluding carboxylic acids is 1. The number of halogens is 1. The smallest absolute Gasteiger partial charge is 0.326 e. The summed E-state index contributed by atoms with van der Waals surface area (Å²) in [6, 6.07) is 6.43. The van der Waals surface area contributed by atoms with Crippen molar-refractivity contribution in [2.45, 2.75) is 26.3 Å². The third-order valence-electron chi connectivity index (χ3n) is 3.21. The van der Waals surface area contributed by atoms with Gasteiger partial charge in [0.15, 0.2) is 0 Å². The summed E-state index contributed by atoms with van der Waals surface area (Å²) in [5.74, 6) is -1.57. The van der Waals surface area contributed by atoms with Crippen molar-refractivity contribution < 1.29 is 14.7 Å². The number of benzene rings is 1. The van der Waals surface area contributed by atoms with Gasteiger partial charge in [-0.05, 0) is 18.1 Å². The first-order valence-corrected chi connectivity index (χ1v) is 8.35. The number of carboxylic acid groups (broad SMARTS) is 1. The van der Waals surface area contributed by atoms with Crippen LogP contribution in [0.5, 0.6) is 0 Å². The van der Waals surface area contributed by atoms with E-state index in [4.69, 9.17) is 16.7 Å². The highest BCUT2D eigenvalue weighted by atomic mass is 35.5. The maximum Gasteiger partial charge on any atom is 0.326 e. The van der Waals surface area contributed by atoms with E-state index in [9.17, 15) is 9.59 Å². The summed E-state index contributed by atoms with van der Waals surface area (Å²) >= 11 is 7.38. The molecule has 0 aliphatic rings. The van der Waals surface area contributed by atoms with Crippen LogP contribution >= 0.6 is 22.9 Å². The van der Waals surface area contributed by atoms with Crippen molar-refractivity contribution >= 4 is 34.8 Å². The van der Waals surface area contributed by atoms with E-state index in [1.165, 1.54) is 11.3 Å². The molecule has 2 aromatic rings. The van der Waals surface area contributed by atoms with E-state index in [-0.39, 0.29) is 18.2 Å². The molecule has 0 fully saturated rings. The fraction of sp³-hybridized carbons (Fsp3) is 0.312. The highest BCUT2D eigenvalue weighted by molar-refractivity contribution is 7.13. The van der Waals surface area contributed by atoms with Crippen molar-refractivity contribution in [3.8, 4) is 10.6 Å². The van der Waals surface area contributed by atoms with Gasteiger partial charge in [-0.15, -0.1) is 11.3 Å². The Kier molecular flexibility index (Phi) is 5.74. The van der Waals surface area contributed by atoms with Gasteiger partial charge in [0, 0.05) is 16.0 Å². The Balaban J connectivity index is 2.04. The van der Waals surface area contributed by atoms with Gasteiger partial charge < -0.3 is 10.4 Å². The van der Waals surface area contributed by atoms with Gasteiger partial charge in [-0.1, -0.05) is 37.6 Å². The Bertz CT molecular complexity index is 715. The Morgan fingerprint density at radius 1 is 1.39 bits per heavy atom. The maximum absolute atomic E-state index is 12.0. The van der Waals surface area contributed by atoms with Crippen molar-refractivity contribution in [1.82, 2.24) is 10.3 Å². The first-order chi connectivity index (χ1) is 10.9. The van der Waals surface area contributed by atoms with Crippen LogP contribution in [-0.2, 0) is 16.0 Å². The second-order valence-corrected chi connectivity index (χ2v) is 6.75. The van der Waals surface area contributed by atoms with E-state index in [2.05, 4.69) is 10.3 Å². The summed E-state index contributed by atoms with van der Waals surface area (Å²) in [6.45, 7) is 3.50. The van der Waals surface area contributed by atoms with Crippen molar-refractivity contribution in [3.05, 3.63) is 40.4 Å². The second kappa shape index (κ2) is 7.57. The van der Waals surface area contributed by atoms with E-state index < -0.39 is 12.0 Å². The molecule has 23 heavy (non-hydrogen) atoms. The number of thiazole rings is 1. The Labute approximate surface area is 143 Å². The molecular weight excluding hydrogens is 336 g/mol. The summed E-state index contributed by atoms with van der Waals surface area (Å²) in [6.07, 6.45) is 0.0492. The topological polar surface area (TPSA) is 79.3 Å². The third-order valence-corrected chi connectivity index (χ3v) is 4.39. The van der Waals surface area contributed by atoms with Crippen LogP contribution in [0.2, 0.25) is 5.02 Å². The van der Waals surface area contributed by atoms with Gasteiger partial charge in [-0.25, -0.2) is 9.78 Å². The van der Waals surface area contributed by atoms with E-state index in [1.54, 1.807) is 25.3 Å². The Hall–Kier alpha value is -1.92. The normalized spacial score (nSPS) is 12.2. The van der Waals surface area contributed by atoms with Gasteiger partial charge in [0.2, 0.25) is 5.91 Å².